The van der Waals surface area contributed by atoms with Crippen LogP contribution in [0.15, 0.2) is 59.2 Å². The molecule has 164 valence electrons. The lowest BCUT2D eigenvalue weighted by atomic mass is 10.0. The number of hydrogen-bond acceptors (Lipinski definition) is 4. The second-order valence-electron chi connectivity index (χ2n) is 8.61. The molecule has 1 unspecified atom stereocenters. The van der Waals surface area contributed by atoms with Gasteiger partial charge in [-0.25, -0.2) is 4.98 Å². The molecule has 1 aromatic heterocycles. The summed E-state index contributed by atoms with van der Waals surface area (Å²) >= 11 is 0. The number of aromatic nitrogens is 1. The van der Waals surface area contributed by atoms with Gasteiger partial charge in [-0.2, -0.15) is 0 Å². The van der Waals surface area contributed by atoms with Gasteiger partial charge in [-0.1, -0.05) is 67.9 Å². The van der Waals surface area contributed by atoms with E-state index in [0.29, 0.717) is 36.6 Å². The number of amides is 1. The van der Waals surface area contributed by atoms with Crippen molar-refractivity contribution in [3.63, 3.8) is 0 Å². The average molecular weight is 420 g/mol. The standard InChI is InChI=1S/C26H33N3O2/c1-18(2)21(5)29(15-23-13-19(3)11-12-20(23)4)16-25-28-24(17-31-25)26(30)27-14-22-9-7-6-8-10-22/h6-13,17-18,21H,14-16H2,1-5H3,(H,27,30). The van der Waals surface area contributed by atoms with E-state index in [1.54, 1.807) is 0 Å². The van der Waals surface area contributed by atoms with Crippen LogP contribution in [0.4, 0.5) is 0 Å². The number of aryl methyl sites for hydroxylation is 2. The third-order valence-electron chi connectivity index (χ3n) is 5.84. The summed E-state index contributed by atoms with van der Waals surface area (Å²) in [5.74, 6) is 0.813. The van der Waals surface area contributed by atoms with Gasteiger partial charge in [0, 0.05) is 19.1 Å². The Hall–Kier alpha value is -2.92. The van der Waals surface area contributed by atoms with Crippen LogP contribution in [0, 0.1) is 19.8 Å². The summed E-state index contributed by atoms with van der Waals surface area (Å²) in [5.41, 5.74) is 5.20. The van der Waals surface area contributed by atoms with Crippen LogP contribution in [0.5, 0.6) is 0 Å². The lowest BCUT2D eigenvalue weighted by molar-refractivity contribution is 0.0945. The third kappa shape index (κ3) is 6.28. The van der Waals surface area contributed by atoms with E-state index >= 15 is 0 Å². The Morgan fingerprint density at radius 3 is 2.52 bits per heavy atom. The smallest absolute Gasteiger partial charge is 0.273 e. The first-order chi connectivity index (χ1) is 14.8. The molecule has 3 rings (SSSR count). The van der Waals surface area contributed by atoms with Gasteiger partial charge in [-0.3, -0.25) is 9.69 Å². The van der Waals surface area contributed by atoms with Gasteiger partial charge in [-0.05, 0) is 43.4 Å². The van der Waals surface area contributed by atoms with Gasteiger partial charge in [0.05, 0.1) is 6.54 Å². The van der Waals surface area contributed by atoms with Crippen molar-refractivity contribution >= 4 is 5.91 Å². The summed E-state index contributed by atoms with van der Waals surface area (Å²) in [6.45, 7) is 12.8. The highest BCUT2D eigenvalue weighted by molar-refractivity contribution is 5.91. The number of benzene rings is 2. The first-order valence-electron chi connectivity index (χ1n) is 10.9. The van der Waals surface area contributed by atoms with Crippen molar-refractivity contribution in [3.8, 4) is 0 Å². The molecular formula is C26H33N3O2. The zero-order valence-corrected chi connectivity index (χ0v) is 19.2. The fraction of sp³-hybridized carbons (Fsp3) is 0.385. The molecule has 0 aliphatic rings. The molecule has 0 radical (unpaired) electrons. The van der Waals surface area contributed by atoms with Crippen molar-refractivity contribution in [2.24, 2.45) is 5.92 Å². The number of rotatable bonds is 9. The highest BCUT2D eigenvalue weighted by Gasteiger charge is 2.22. The Kier molecular flexibility index (Phi) is 7.64. The summed E-state index contributed by atoms with van der Waals surface area (Å²) in [4.78, 5) is 19.3. The van der Waals surface area contributed by atoms with E-state index in [-0.39, 0.29) is 5.91 Å². The highest BCUT2D eigenvalue weighted by atomic mass is 16.3. The number of oxazole rings is 1. The lowest BCUT2D eigenvalue weighted by Crippen LogP contribution is -2.36. The monoisotopic (exact) mass is 419 g/mol. The molecule has 0 spiro atoms. The van der Waals surface area contributed by atoms with Crippen LogP contribution < -0.4 is 5.32 Å². The van der Waals surface area contributed by atoms with Crippen molar-refractivity contribution in [1.82, 2.24) is 15.2 Å². The molecule has 31 heavy (non-hydrogen) atoms. The topological polar surface area (TPSA) is 58.4 Å². The van der Waals surface area contributed by atoms with Gasteiger partial charge in [0.25, 0.3) is 5.91 Å². The van der Waals surface area contributed by atoms with Crippen molar-refractivity contribution in [2.75, 3.05) is 0 Å². The Morgan fingerprint density at radius 1 is 1.06 bits per heavy atom. The predicted octanol–water partition coefficient (Wildman–Crippen LogP) is 5.27. The number of hydrogen-bond donors (Lipinski definition) is 1. The van der Waals surface area contributed by atoms with Crippen LogP contribution >= 0.6 is 0 Å². The molecule has 0 saturated carbocycles. The third-order valence-corrected chi connectivity index (χ3v) is 5.84. The molecule has 1 heterocycles. The summed E-state index contributed by atoms with van der Waals surface area (Å²) in [6, 6.07) is 16.7. The molecule has 0 aliphatic heterocycles. The first-order valence-corrected chi connectivity index (χ1v) is 10.9. The van der Waals surface area contributed by atoms with E-state index < -0.39 is 0 Å². The Balaban J connectivity index is 1.69. The van der Waals surface area contributed by atoms with Crippen LogP contribution in [-0.4, -0.2) is 21.8 Å². The minimum atomic E-state index is -0.225. The van der Waals surface area contributed by atoms with E-state index in [1.165, 1.54) is 23.0 Å². The van der Waals surface area contributed by atoms with Gasteiger partial charge in [0.1, 0.15) is 6.26 Å². The molecule has 1 amide bonds. The van der Waals surface area contributed by atoms with Crippen LogP contribution in [0.2, 0.25) is 0 Å². The zero-order valence-electron chi connectivity index (χ0n) is 19.2. The van der Waals surface area contributed by atoms with Crippen molar-refractivity contribution in [1.29, 1.82) is 0 Å². The number of nitrogens with zero attached hydrogens (tertiary/aromatic N) is 2. The minimum Gasteiger partial charge on any atom is -0.447 e. The molecule has 0 saturated heterocycles. The fourth-order valence-electron chi connectivity index (χ4n) is 3.49. The second-order valence-corrected chi connectivity index (χ2v) is 8.61. The second kappa shape index (κ2) is 10.4. The van der Waals surface area contributed by atoms with Gasteiger partial charge in [0.2, 0.25) is 5.89 Å². The van der Waals surface area contributed by atoms with Crippen LogP contribution in [0.3, 0.4) is 0 Å². The first kappa shape index (κ1) is 22.8. The minimum absolute atomic E-state index is 0.225. The van der Waals surface area contributed by atoms with Gasteiger partial charge < -0.3 is 9.73 Å². The molecule has 5 nitrogen and oxygen atoms in total. The molecule has 3 aromatic rings. The normalized spacial score (nSPS) is 12.4. The zero-order chi connectivity index (χ0) is 22.4. The van der Waals surface area contributed by atoms with E-state index in [0.717, 1.165) is 12.1 Å². The Labute approximate surface area is 185 Å². The Bertz CT molecular complexity index is 995. The molecule has 2 aromatic carbocycles. The molecule has 0 bridgehead atoms. The van der Waals surface area contributed by atoms with Gasteiger partial charge >= 0.3 is 0 Å². The fourth-order valence-corrected chi connectivity index (χ4v) is 3.49. The van der Waals surface area contributed by atoms with Crippen LogP contribution in [0.1, 0.15) is 59.4 Å². The molecule has 0 fully saturated rings. The van der Waals surface area contributed by atoms with E-state index in [2.05, 4.69) is 68.0 Å². The van der Waals surface area contributed by atoms with Crippen LogP contribution in [0.25, 0.3) is 0 Å². The summed E-state index contributed by atoms with van der Waals surface area (Å²) in [7, 11) is 0. The quantitative estimate of drug-likeness (QED) is 0.513. The number of carbonyl (C=O) groups excluding carboxylic acids is 1. The summed E-state index contributed by atoms with van der Waals surface area (Å²) in [5, 5.41) is 2.90. The van der Waals surface area contributed by atoms with E-state index in [1.807, 2.05) is 30.3 Å². The number of carbonyl (C=O) groups is 1. The van der Waals surface area contributed by atoms with Crippen molar-refractivity contribution in [2.45, 2.75) is 60.3 Å². The summed E-state index contributed by atoms with van der Waals surface area (Å²) in [6.07, 6.45) is 1.45. The number of nitrogens with one attached hydrogen (secondary N) is 1. The SMILES string of the molecule is Cc1ccc(C)c(CN(Cc2nc(C(=O)NCc3ccccc3)co2)C(C)C(C)C)c1. The molecule has 1 N–H and O–H groups in total. The molecule has 5 heteroatoms. The largest absolute Gasteiger partial charge is 0.447 e. The summed E-state index contributed by atoms with van der Waals surface area (Å²) < 4.78 is 5.68. The highest BCUT2D eigenvalue weighted by Crippen LogP contribution is 2.20. The van der Waals surface area contributed by atoms with Crippen LogP contribution in [-0.2, 0) is 19.6 Å². The van der Waals surface area contributed by atoms with Gasteiger partial charge in [-0.15, -0.1) is 0 Å². The average Bonchev–Trinajstić information content (AvgIpc) is 3.23. The lowest BCUT2D eigenvalue weighted by Gasteiger charge is -2.31. The van der Waals surface area contributed by atoms with E-state index in [4.69, 9.17) is 4.42 Å². The maximum atomic E-state index is 12.5. The maximum Gasteiger partial charge on any atom is 0.273 e. The Morgan fingerprint density at radius 2 is 1.81 bits per heavy atom. The maximum absolute atomic E-state index is 12.5. The predicted molar refractivity (Wildman–Crippen MR) is 124 cm³/mol. The molecule has 1 atom stereocenters. The van der Waals surface area contributed by atoms with Crippen molar-refractivity contribution < 1.29 is 9.21 Å². The van der Waals surface area contributed by atoms with E-state index in [9.17, 15) is 4.79 Å². The molecule has 0 aliphatic carbocycles. The van der Waals surface area contributed by atoms with Crippen molar-refractivity contribution in [3.05, 3.63) is 88.6 Å². The molecular weight excluding hydrogens is 386 g/mol. The van der Waals surface area contributed by atoms with Gasteiger partial charge in [0.15, 0.2) is 5.69 Å².